The highest BCUT2D eigenvalue weighted by atomic mass is 35.5. The van der Waals surface area contributed by atoms with Crippen LogP contribution in [-0.2, 0) is 5.75 Å². The first-order valence-corrected chi connectivity index (χ1v) is 6.46. The topological polar surface area (TPSA) is 50.9 Å². The summed E-state index contributed by atoms with van der Waals surface area (Å²) in [6, 6.07) is 13.7. The van der Waals surface area contributed by atoms with Gasteiger partial charge in [0.05, 0.1) is 10.7 Å². The maximum absolute atomic E-state index is 6.07. The number of nitrogens with two attached hydrogens (primary N) is 1. The van der Waals surface area contributed by atoms with Crippen LogP contribution < -0.4 is 11.3 Å². The van der Waals surface area contributed by atoms with E-state index in [1.54, 1.807) is 23.9 Å². The molecular formula is C12H12ClN3S. The first kappa shape index (κ1) is 12.2. The molecular weight excluding hydrogens is 254 g/mol. The molecule has 1 heterocycles. The van der Waals surface area contributed by atoms with Gasteiger partial charge in [0.2, 0.25) is 0 Å². The summed E-state index contributed by atoms with van der Waals surface area (Å²) < 4.78 is 0. The molecule has 2 aromatic rings. The van der Waals surface area contributed by atoms with Gasteiger partial charge in [0.25, 0.3) is 0 Å². The van der Waals surface area contributed by atoms with Gasteiger partial charge in [0.1, 0.15) is 5.82 Å². The minimum atomic E-state index is 0.623. The number of hydrazine groups is 1. The summed E-state index contributed by atoms with van der Waals surface area (Å²) in [5.74, 6) is 6.66. The molecule has 0 aliphatic rings. The monoisotopic (exact) mass is 265 g/mol. The van der Waals surface area contributed by atoms with Gasteiger partial charge in [-0.3, -0.25) is 0 Å². The van der Waals surface area contributed by atoms with Crippen molar-refractivity contribution < 1.29 is 0 Å². The normalized spacial score (nSPS) is 10.2. The number of thioether (sulfide) groups is 1. The number of hydrogen-bond donors (Lipinski definition) is 2. The van der Waals surface area contributed by atoms with Crippen molar-refractivity contribution in [3.05, 3.63) is 53.2 Å². The lowest BCUT2D eigenvalue weighted by molar-refractivity contribution is 1.14. The summed E-state index contributed by atoms with van der Waals surface area (Å²) in [6.45, 7) is 0. The maximum atomic E-state index is 6.07. The van der Waals surface area contributed by atoms with E-state index in [0.29, 0.717) is 10.8 Å². The van der Waals surface area contributed by atoms with Crippen molar-refractivity contribution in [3.63, 3.8) is 0 Å². The summed E-state index contributed by atoms with van der Waals surface area (Å²) in [5.41, 5.74) is 3.34. The van der Waals surface area contributed by atoms with Gasteiger partial charge in [-0.15, -0.1) is 11.8 Å². The molecule has 17 heavy (non-hydrogen) atoms. The van der Waals surface area contributed by atoms with E-state index in [1.165, 1.54) is 4.90 Å². The Labute approximate surface area is 109 Å². The number of rotatable bonds is 4. The van der Waals surface area contributed by atoms with E-state index in [0.717, 1.165) is 11.4 Å². The number of benzene rings is 1. The molecule has 0 unspecified atom stereocenters. The lowest BCUT2D eigenvalue weighted by Crippen LogP contribution is -2.09. The van der Waals surface area contributed by atoms with Gasteiger partial charge in [-0.25, -0.2) is 10.8 Å². The SMILES string of the molecule is NNc1ccc(Cl)c(CSc2ccccc2)n1. The van der Waals surface area contributed by atoms with E-state index in [-0.39, 0.29) is 0 Å². The largest absolute Gasteiger partial charge is 0.308 e. The molecule has 5 heteroatoms. The minimum Gasteiger partial charge on any atom is -0.308 e. The number of pyridine rings is 1. The van der Waals surface area contributed by atoms with Crippen LogP contribution in [0.15, 0.2) is 47.4 Å². The maximum Gasteiger partial charge on any atom is 0.140 e. The predicted molar refractivity (Wildman–Crippen MR) is 73.1 cm³/mol. The molecule has 0 fully saturated rings. The van der Waals surface area contributed by atoms with E-state index >= 15 is 0 Å². The second kappa shape index (κ2) is 5.91. The van der Waals surface area contributed by atoms with Crippen LogP contribution >= 0.6 is 23.4 Å². The number of aromatic nitrogens is 1. The van der Waals surface area contributed by atoms with Crippen LogP contribution in [0.3, 0.4) is 0 Å². The number of nitrogen functional groups attached to an aromatic ring is 1. The van der Waals surface area contributed by atoms with Crippen LogP contribution in [0, 0.1) is 0 Å². The molecule has 3 N–H and O–H groups in total. The van der Waals surface area contributed by atoms with Crippen LogP contribution in [0.5, 0.6) is 0 Å². The Hall–Kier alpha value is -1.23. The fraction of sp³-hybridized carbons (Fsp3) is 0.0833. The highest BCUT2D eigenvalue weighted by molar-refractivity contribution is 7.98. The lowest BCUT2D eigenvalue weighted by atomic mass is 10.4. The van der Waals surface area contributed by atoms with Crippen molar-refractivity contribution >= 4 is 29.2 Å². The van der Waals surface area contributed by atoms with Crippen LogP contribution in [0.4, 0.5) is 5.82 Å². The van der Waals surface area contributed by atoms with Crippen LogP contribution in [0.2, 0.25) is 5.02 Å². The minimum absolute atomic E-state index is 0.623. The molecule has 0 amide bonds. The van der Waals surface area contributed by atoms with E-state index in [1.807, 2.05) is 18.2 Å². The van der Waals surface area contributed by atoms with Crippen LogP contribution in [-0.4, -0.2) is 4.98 Å². The molecule has 0 saturated carbocycles. The van der Waals surface area contributed by atoms with Gasteiger partial charge >= 0.3 is 0 Å². The number of nitrogens with one attached hydrogen (secondary N) is 1. The van der Waals surface area contributed by atoms with Crippen molar-refractivity contribution in [2.24, 2.45) is 5.84 Å². The standard InChI is InChI=1S/C12H12ClN3S/c13-10-6-7-12(16-14)15-11(10)8-17-9-4-2-1-3-5-9/h1-7H,8,14H2,(H,15,16). The Bertz CT molecular complexity index is 490. The average molecular weight is 266 g/mol. The molecule has 1 aromatic carbocycles. The van der Waals surface area contributed by atoms with Crippen molar-refractivity contribution in [2.45, 2.75) is 10.6 Å². The number of anilines is 1. The summed E-state index contributed by atoms with van der Waals surface area (Å²) in [6.07, 6.45) is 0. The van der Waals surface area contributed by atoms with Gasteiger partial charge < -0.3 is 5.43 Å². The van der Waals surface area contributed by atoms with Gasteiger partial charge in [-0.2, -0.15) is 0 Å². The van der Waals surface area contributed by atoms with Gasteiger partial charge in [-0.05, 0) is 24.3 Å². The van der Waals surface area contributed by atoms with Crippen molar-refractivity contribution in [1.29, 1.82) is 0 Å². The second-order valence-electron chi connectivity index (χ2n) is 3.37. The second-order valence-corrected chi connectivity index (χ2v) is 4.83. The molecule has 0 bridgehead atoms. The summed E-state index contributed by atoms with van der Waals surface area (Å²) >= 11 is 7.77. The summed E-state index contributed by atoms with van der Waals surface area (Å²) in [4.78, 5) is 5.51. The average Bonchev–Trinajstić information content (AvgIpc) is 2.39. The molecule has 1 aromatic heterocycles. The number of halogens is 1. The molecule has 0 saturated heterocycles. The first-order valence-electron chi connectivity index (χ1n) is 5.09. The summed E-state index contributed by atoms with van der Waals surface area (Å²) in [5, 5.41) is 0.660. The third kappa shape index (κ3) is 3.36. The fourth-order valence-electron chi connectivity index (χ4n) is 1.33. The van der Waals surface area contributed by atoms with E-state index in [4.69, 9.17) is 17.4 Å². The number of nitrogens with zero attached hydrogens (tertiary/aromatic N) is 1. The zero-order valence-electron chi connectivity index (χ0n) is 9.06. The first-order chi connectivity index (χ1) is 8.29. The van der Waals surface area contributed by atoms with E-state index in [2.05, 4.69) is 22.5 Å². The molecule has 0 spiro atoms. The van der Waals surface area contributed by atoms with Gasteiger partial charge in [0.15, 0.2) is 0 Å². The Morgan fingerprint density at radius 1 is 1.18 bits per heavy atom. The van der Waals surface area contributed by atoms with E-state index in [9.17, 15) is 0 Å². The molecule has 0 aliphatic heterocycles. The third-order valence-corrected chi connectivity index (χ3v) is 3.55. The Balaban J connectivity index is 2.08. The highest BCUT2D eigenvalue weighted by Crippen LogP contribution is 2.26. The Morgan fingerprint density at radius 3 is 2.65 bits per heavy atom. The van der Waals surface area contributed by atoms with Crippen LogP contribution in [0.25, 0.3) is 0 Å². The molecule has 3 nitrogen and oxygen atoms in total. The van der Waals surface area contributed by atoms with Crippen LogP contribution in [0.1, 0.15) is 5.69 Å². The summed E-state index contributed by atoms with van der Waals surface area (Å²) in [7, 11) is 0. The highest BCUT2D eigenvalue weighted by Gasteiger charge is 2.04. The predicted octanol–water partition coefficient (Wildman–Crippen LogP) is 3.31. The zero-order chi connectivity index (χ0) is 12.1. The Kier molecular flexibility index (Phi) is 4.25. The molecule has 2 rings (SSSR count). The zero-order valence-corrected chi connectivity index (χ0v) is 10.6. The molecule has 0 atom stereocenters. The lowest BCUT2D eigenvalue weighted by Gasteiger charge is -2.06. The number of hydrogen-bond acceptors (Lipinski definition) is 4. The molecule has 88 valence electrons. The molecule has 0 radical (unpaired) electrons. The Morgan fingerprint density at radius 2 is 1.94 bits per heavy atom. The smallest absolute Gasteiger partial charge is 0.140 e. The quantitative estimate of drug-likeness (QED) is 0.506. The fourth-order valence-corrected chi connectivity index (χ4v) is 2.46. The van der Waals surface area contributed by atoms with Crippen molar-refractivity contribution in [2.75, 3.05) is 5.43 Å². The van der Waals surface area contributed by atoms with Gasteiger partial charge in [-0.1, -0.05) is 29.8 Å². The van der Waals surface area contributed by atoms with Gasteiger partial charge in [0, 0.05) is 10.6 Å². The van der Waals surface area contributed by atoms with Crippen molar-refractivity contribution in [1.82, 2.24) is 4.98 Å². The van der Waals surface area contributed by atoms with Crippen molar-refractivity contribution in [3.8, 4) is 0 Å². The van der Waals surface area contributed by atoms with E-state index < -0.39 is 0 Å². The third-order valence-electron chi connectivity index (χ3n) is 2.19. The molecule has 0 aliphatic carbocycles.